The third kappa shape index (κ3) is 4.14. The van der Waals surface area contributed by atoms with Crippen LogP contribution in [0.5, 0.6) is 11.5 Å². The van der Waals surface area contributed by atoms with Crippen LogP contribution < -0.4 is 19.9 Å². The van der Waals surface area contributed by atoms with Crippen LogP contribution in [0.3, 0.4) is 0 Å². The molecule has 0 radical (unpaired) electrons. The molecule has 0 unspecified atom stereocenters. The quantitative estimate of drug-likeness (QED) is 0.579. The molecule has 0 aliphatic carbocycles. The molecule has 1 saturated heterocycles. The molecule has 2 aromatic rings. The van der Waals surface area contributed by atoms with Crippen LogP contribution in [0.1, 0.15) is 19.4 Å². The number of rotatable bonds is 5. The highest BCUT2D eigenvalue weighted by Gasteiger charge is 2.34. The van der Waals surface area contributed by atoms with Crippen LogP contribution in [-0.2, 0) is 9.59 Å². The van der Waals surface area contributed by atoms with Gasteiger partial charge in [-0.2, -0.15) is 0 Å². The second kappa shape index (κ2) is 7.84. The summed E-state index contributed by atoms with van der Waals surface area (Å²) in [5.41, 5.74) is 3.87. The van der Waals surface area contributed by atoms with Crippen LogP contribution in [0.25, 0.3) is 6.08 Å². The summed E-state index contributed by atoms with van der Waals surface area (Å²) in [5.74, 6) is 0.265. The Kier molecular flexibility index (Phi) is 5.51. The van der Waals surface area contributed by atoms with E-state index in [-0.39, 0.29) is 11.7 Å². The van der Waals surface area contributed by atoms with E-state index >= 15 is 0 Å². The maximum absolute atomic E-state index is 12.7. The van der Waals surface area contributed by atoms with Crippen molar-refractivity contribution in [2.75, 3.05) is 12.1 Å². The van der Waals surface area contributed by atoms with Gasteiger partial charge in [0.2, 0.25) is 0 Å². The second-order valence-electron chi connectivity index (χ2n) is 6.20. The predicted molar refractivity (Wildman–Crippen MR) is 107 cm³/mol. The monoisotopic (exact) mass is 430 g/mol. The maximum Gasteiger partial charge on any atom is 0.282 e. The fraction of sp³-hybridized carbons (Fsp3) is 0.200. The minimum Gasteiger partial charge on any atom is -0.493 e. The van der Waals surface area contributed by atoms with Crippen LogP contribution in [0, 0.1) is 0 Å². The van der Waals surface area contributed by atoms with E-state index in [1.54, 1.807) is 43.5 Å². The van der Waals surface area contributed by atoms with Gasteiger partial charge in [0.05, 0.1) is 18.9 Å². The molecular formula is C20H19BrN2O4. The van der Waals surface area contributed by atoms with Gasteiger partial charge in [-0.25, -0.2) is 5.01 Å². The van der Waals surface area contributed by atoms with Gasteiger partial charge in [0.25, 0.3) is 11.8 Å². The van der Waals surface area contributed by atoms with Crippen LogP contribution in [0.2, 0.25) is 0 Å². The largest absolute Gasteiger partial charge is 0.493 e. The van der Waals surface area contributed by atoms with Crippen molar-refractivity contribution in [1.82, 2.24) is 5.43 Å². The highest BCUT2D eigenvalue weighted by Crippen LogP contribution is 2.31. The fourth-order valence-electron chi connectivity index (χ4n) is 2.65. The Morgan fingerprint density at radius 1 is 1.11 bits per heavy atom. The van der Waals surface area contributed by atoms with E-state index in [4.69, 9.17) is 9.47 Å². The van der Waals surface area contributed by atoms with Gasteiger partial charge in [0.15, 0.2) is 11.5 Å². The van der Waals surface area contributed by atoms with Crippen molar-refractivity contribution < 1.29 is 19.1 Å². The first-order valence-electron chi connectivity index (χ1n) is 8.36. The van der Waals surface area contributed by atoms with Crippen molar-refractivity contribution >= 4 is 39.5 Å². The lowest BCUT2D eigenvalue weighted by molar-refractivity contribution is -0.117. The Labute approximate surface area is 165 Å². The highest BCUT2D eigenvalue weighted by atomic mass is 79.9. The minimum absolute atomic E-state index is 0.00375. The third-order valence-corrected chi connectivity index (χ3v) is 4.31. The molecule has 2 amide bonds. The molecule has 0 spiro atoms. The first-order valence-corrected chi connectivity index (χ1v) is 9.15. The minimum atomic E-state index is -0.457. The van der Waals surface area contributed by atoms with Crippen LogP contribution in [0.15, 0.2) is 52.5 Å². The lowest BCUT2D eigenvalue weighted by atomic mass is 10.1. The number of hydrogen-bond donors (Lipinski definition) is 1. The first-order chi connectivity index (χ1) is 12.9. The lowest BCUT2D eigenvalue weighted by Gasteiger charge is -2.14. The van der Waals surface area contributed by atoms with E-state index < -0.39 is 11.8 Å². The zero-order chi connectivity index (χ0) is 19.6. The van der Waals surface area contributed by atoms with E-state index in [0.29, 0.717) is 22.7 Å². The van der Waals surface area contributed by atoms with Crippen LogP contribution in [-0.4, -0.2) is 25.0 Å². The normalized spacial score (nSPS) is 15.4. The van der Waals surface area contributed by atoms with Crippen molar-refractivity contribution in [3.8, 4) is 11.5 Å². The summed E-state index contributed by atoms with van der Waals surface area (Å²) in [6, 6.07) is 12.4. The molecule has 0 atom stereocenters. The van der Waals surface area contributed by atoms with Crippen molar-refractivity contribution in [3.05, 3.63) is 58.1 Å². The van der Waals surface area contributed by atoms with Gasteiger partial charge in [0.1, 0.15) is 5.57 Å². The lowest BCUT2D eigenvalue weighted by Crippen LogP contribution is -2.35. The zero-order valence-electron chi connectivity index (χ0n) is 15.2. The fourth-order valence-corrected chi connectivity index (χ4v) is 3.03. The number of anilines is 1. The van der Waals surface area contributed by atoms with Gasteiger partial charge in [-0.15, -0.1) is 0 Å². The number of halogens is 1. The maximum atomic E-state index is 12.7. The van der Waals surface area contributed by atoms with Crippen molar-refractivity contribution in [2.45, 2.75) is 20.0 Å². The second-order valence-corrected chi connectivity index (χ2v) is 7.11. The molecule has 27 heavy (non-hydrogen) atoms. The van der Waals surface area contributed by atoms with Gasteiger partial charge < -0.3 is 9.47 Å². The number of benzene rings is 2. The number of carbonyl (C=O) groups is 2. The number of hydrogen-bond acceptors (Lipinski definition) is 4. The van der Waals surface area contributed by atoms with E-state index in [2.05, 4.69) is 21.4 Å². The molecule has 1 aliphatic rings. The Bertz CT molecular complexity index is 924. The topological polar surface area (TPSA) is 67.9 Å². The number of ether oxygens (including phenoxy) is 2. The number of hydrazine groups is 1. The van der Waals surface area contributed by atoms with Gasteiger partial charge in [-0.05, 0) is 55.8 Å². The van der Waals surface area contributed by atoms with E-state index in [0.717, 1.165) is 4.47 Å². The summed E-state index contributed by atoms with van der Waals surface area (Å²) in [6.45, 7) is 3.85. The van der Waals surface area contributed by atoms with Gasteiger partial charge in [0, 0.05) is 4.47 Å². The van der Waals surface area contributed by atoms with Crippen molar-refractivity contribution in [3.63, 3.8) is 0 Å². The summed E-state index contributed by atoms with van der Waals surface area (Å²) in [5, 5.41) is 1.23. The molecule has 0 saturated carbocycles. The highest BCUT2D eigenvalue weighted by molar-refractivity contribution is 9.10. The molecule has 140 valence electrons. The molecule has 1 heterocycles. The van der Waals surface area contributed by atoms with Crippen molar-refractivity contribution in [1.29, 1.82) is 0 Å². The zero-order valence-corrected chi connectivity index (χ0v) is 16.7. The summed E-state index contributed by atoms with van der Waals surface area (Å²) >= 11 is 3.36. The average Bonchev–Trinajstić information content (AvgIpc) is 2.90. The van der Waals surface area contributed by atoms with Crippen molar-refractivity contribution in [2.24, 2.45) is 0 Å². The van der Waals surface area contributed by atoms with E-state index in [1.165, 1.54) is 11.1 Å². The van der Waals surface area contributed by atoms with Crippen LogP contribution >= 0.6 is 15.9 Å². The molecule has 1 aliphatic heterocycles. The molecular weight excluding hydrogens is 412 g/mol. The molecule has 2 aromatic carbocycles. The molecule has 1 fully saturated rings. The summed E-state index contributed by atoms with van der Waals surface area (Å²) < 4.78 is 11.8. The summed E-state index contributed by atoms with van der Waals surface area (Å²) in [7, 11) is 1.54. The standard InChI is InChI=1S/C20H19BrN2O4/c1-12(2)27-17-8-7-13(10-18(17)26-3)9-16-19(24)22-23(20(16)25)15-6-4-5-14(21)11-15/h4-12H,1-3H3,(H,22,24)/b16-9+. The number of methoxy groups -OCH3 is 1. The predicted octanol–water partition coefficient (Wildman–Crippen LogP) is 3.71. The molecule has 1 N–H and O–H groups in total. The number of carbonyl (C=O) groups excluding carboxylic acids is 2. The molecule has 3 rings (SSSR count). The van der Waals surface area contributed by atoms with Gasteiger partial charge in [-0.3, -0.25) is 15.0 Å². The Morgan fingerprint density at radius 3 is 2.56 bits per heavy atom. The number of nitrogens with one attached hydrogen (secondary N) is 1. The number of nitrogens with zero attached hydrogens (tertiary/aromatic N) is 1. The Balaban J connectivity index is 1.90. The smallest absolute Gasteiger partial charge is 0.282 e. The molecule has 0 bridgehead atoms. The number of amides is 2. The summed E-state index contributed by atoms with van der Waals surface area (Å²) in [4.78, 5) is 25.0. The van der Waals surface area contributed by atoms with Gasteiger partial charge in [-0.1, -0.05) is 28.1 Å². The first kappa shape index (κ1) is 19.0. The SMILES string of the molecule is COc1cc(/C=C2\C(=O)NN(c3cccc(Br)c3)C2=O)ccc1OC(C)C. The van der Waals surface area contributed by atoms with E-state index in [9.17, 15) is 9.59 Å². The Morgan fingerprint density at radius 2 is 1.89 bits per heavy atom. The van der Waals surface area contributed by atoms with Crippen LogP contribution in [0.4, 0.5) is 5.69 Å². The molecule has 6 nitrogen and oxygen atoms in total. The molecule has 7 heteroatoms. The Hall–Kier alpha value is -2.80. The summed E-state index contributed by atoms with van der Waals surface area (Å²) in [6.07, 6.45) is 1.54. The molecule has 0 aromatic heterocycles. The van der Waals surface area contributed by atoms with Gasteiger partial charge >= 0.3 is 0 Å². The van der Waals surface area contributed by atoms with E-state index in [1.807, 2.05) is 19.9 Å². The third-order valence-electron chi connectivity index (χ3n) is 3.82. The average molecular weight is 431 g/mol.